The van der Waals surface area contributed by atoms with Crippen molar-refractivity contribution in [2.45, 2.75) is 19.3 Å². The summed E-state index contributed by atoms with van der Waals surface area (Å²) < 4.78 is 0. The largest absolute Gasteiger partial charge is 0.481 e. The van der Waals surface area contributed by atoms with Gasteiger partial charge in [-0.1, -0.05) is 0 Å². The Hall–Kier alpha value is -1.39. The summed E-state index contributed by atoms with van der Waals surface area (Å²) in [4.78, 5) is 31.7. The molecule has 0 radical (unpaired) electrons. The second kappa shape index (κ2) is 3.55. The molecule has 2 N–H and O–H groups in total. The lowest BCUT2D eigenvalue weighted by molar-refractivity contribution is -0.151. The highest BCUT2D eigenvalue weighted by molar-refractivity contribution is 6.33. The third-order valence-electron chi connectivity index (χ3n) is 2.36. The van der Waals surface area contributed by atoms with Crippen molar-refractivity contribution in [1.82, 2.24) is 0 Å². The van der Waals surface area contributed by atoms with Crippen LogP contribution in [0.2, 0.25) is 0 Å². The number of Topliss-reactive ketones (excluding diaryl/α,β-unsaturated/α-hetero) is 1. The lowest BCUT2D eigenvalue weighted by Gasteiger charge is -2.03. The Kier molecular flexibility index (Phi) is 2.65. The molecule has 2 atom stereocenters. The van der Waals surface area contributed by atoms with Gasteiger partial charge in [0.15, 0.2) is 0 Å². The minimum absolute atomic E-state index is 0.167. The molecule has 0 aromatic carbocycles. The fraction of sp³-hybridized carbons (Fsp3) is 0.625. The number of carboxylic acids is 2. The van der Waals surface area contributed by atoms with Crippen LogP contribution in [0.25, 0.3) is 0 Å². The average Bonchev–Trinajstić information content (AvgIpc) is 2.50. The monoisotopic (exact) mass is 186 g/mol. The Morgan fingerprint density at radius 1 is 1.00 bits per heavy atom. The van der Waals surface area contributed by atoms with Crippen molar-refractivity contribution in [3.63, 3.8) is 0 Å². The van der Waals surface area contributed by atoms with E-state index in [1.54, 1.807) is 0 Å². The third-order valence-corrected chi connectivity index (χ3v) is 2.36. The van der Waals surface area contributed by atoms with Gasteiger partial charge in [-0.3, -0.25) is 9.59 Å². The molecule has 0 spiro atoms. The highest BCUT2D eigenvalue weighted by atomic mass is 16.4. The topological polar surface area (TPSA) is 91.7 Å². The quantitative estimate of drug-likeness (QED) is 0.611. The second-order valence-electron chi connectivity index (χ2n) is 3.21. The van der Waals surface area contributed by atoms with Crippen LogP contribution in [0.15, 0.2) is 0 Å². The molecule has 72 valence electrons. The van der Waals surface area contributed by atoms with Crippen LogP contribution in [-0.2, 0) is 14.4 Å². The van der Waals surface area contributed by atoms with E-state index in [1.165, 1.54) is 0 Å². The number of carboxylic acid groups (broad SMARTS) is 2. The van der Waals surface area contributed by atoms with Crippen molar-refractivity contribution in [3.05, 3.63) is 0 Å². The molecule has 0 unspecified atom stereocenters. The average molecular weight is 186 g/mol. The molecule has 0 saturated heterocycles. The van der Waals surface area contributed by atoms with E-state index in [-0.39, 0.29) is 6.42 Å². The van der Waals surface area contributed by atoms with Crippen LogP contribution >= 0.6 is 0 Å². The van der Waals surface area contributed by atoms with E-state index in [1.807, 2.05) is 0 Å². The summed E-state index contributed by atoms with van der Waals surface area (Å²) in [5, 5.41) is 17.0. The standard InChI is InChI=1S/C8H10O5/c9-6(8(12)13)4-1-2-5(3-4)7(10)11/h4-5H,1-3H2,(H,10,11)(H,12,13)/t4-,5+/m0/s1. The fourth-order valence-corrected chi connectivity index (χ4v) is 1.62. The van der Waals surface area contributed by atoms with Crippen LogP contribution in [0.4, 0.5) is 0 Å². The van der Waals surface area contributed by atoms with Crippen molar-refractivity contribution in [2.75, 3.05) is 0 Å². The van der Waals surface area contributed by atoms with Gasteiger partial charge in [-0.2, -0.15) is 0 Å². The highest BCUT2D eigenvalue weighted by Gasteiger charge is 2.36. The van der Waals surface area contributed by atoms with E-state index in [0.717, 1.165) is 0 Å². The van der Waals surface area contributed by atoms with Crippen molar-refractivity contribution >= 4 is 17.7 Å². The van der Waals surface area contributed by atoms with Crippen molar-refractivity contribution in [3.8, 4) is 0 Å². The molecule has 1 saturated carbocycles. The molecule has 0 aromatic rings. The summed E-state index contributed by atoms with van der Waals surface area (Å²) in [6, 6.07) is 0. The van der Waals surface area contributed by atoms with Crippen molar-refractivity contribution in [1.29, 1.82) is 0 Å². The third kappa shape index (κ3) is 2.05. The lowest BCUT2D eigenvalue weighted by Crippen LogP contribution is -2.22. The van der Waals surface area contributed by atoms with Gasteiger partial charge in [0.25, 0.3) is 0 Å². The van der Waals surface area contributed by atoms with Gasteiger partial charge in [-0.15, -0.1) is 0 Å². The maximum Gasteiger partial charge on any atom is 0.372 e. The predicted octanol–water partition coefficient (Wildman–Crippen LogP) is 0.141. The molecule has 0 bridgehead atoms. The van der Waals surface area contributed by atoms with Crippen LogP contribution in [0, 0.1) is 11.8 Å². The van der Waals surface area contributed by atoms with E-state index in [9.17, 15) is 14.4 Å². The number of carbonyl (C=O) groups excluding carboxylic acids is 1. The van der Waals surface area contributed by atoms with Crippen LogP contribution < -0.4 is 0 Å². The first-order chi connectivity index (χ1) is 6.02. The smallest absolute Gasteiger partial charge is 0.372 e. The molecule has 13 heavy (non-hydrogen) atoms. The van der Waals surface area contributed by atoms with Gasteiger partial charge in [0.2, 0.25) is 5.78 Å². The van der Waals surface area contributed by atoms with Crippen molar-refractivity contribution in [2.24, 2.45) is 11.8 Å². The van der Waals surface area contributed by atoms with E-state index in [4.69, 9.17) is 10.2 Å². The number of rotatable bonds is 3. The number of aliphatic carboxylic acids is 2. The van der Waals surface area contributed by atoms with Crippen LogP contribution in [0.5, 0.6) is 0 Å². The first-order valence-corrected chi connectivity index (χ1v) is 4.02. The Balaban J connectivity index is 2.55. The molecule has 0 heterocycles. The zero-order valence-electron chi connectivity index (χ0n) is 6.90. The summed E-state index contributed by atoms with van der Waals surface area (Å²) in [6.45, 7) is 0. The molecule has 1 fully saturated rings. The fourth-order valence-electron chi connectivity index (χ4n) is 1.62. The zero-order chi connectivity index (χ0) is 10.0. The summed E-state index contributed by atoms with van der Waals surface area (Å²) >= 11 is 0. The van der Waals surface area contributed by atoms with Crippen LogP contribution in [0.1, 0.15) is 19.3 Å². The van der Waals surface area contributed by atoms with Gasteiger partial charge in [0.1, 0.15) is 0 Å². The highest BCUT2D eigenvalue weighted by Crippen LogP contribution is 2.31. The maximum atomic E-state index is 10.9. The number of carbonyl (C=O) groups is 3. The normalized spacial score (nSPS) is 27.1. The van der Waals surface area contributed by atoms with Gasteiger partial charge in [0, 0.05) is 5.92 Å². The maximum absolute atomic E-state index is 10.9. The molecule has 0 amide bonds. The number of hydrogen-bond donors (Lipinski definition) is 2. The number of hydrogen-bond acceptors (Lipinski definition) is 3. The first kappa shape index (κ1) is 9.70. The van der Waals surface area contributed by atoms with Crippen molar-refractivity contribution < 1.29 is 24.6 Å². The van der Waals surface area contributed by atoms with E-state index >= 15 is 0 Å². The zero-order valence-corrected chi connectivity index (χ0v) is 6.90. The van der Waals surface area contributed by atoms with Crippen LogP contribution in [-0.4, -0.2) is 27.9 Å². The molecule has 0 aliphatic heterocycles. The minimum atomic E-state index is -1.46. The molecule has 1 rings (SSSR count). The summed E-state index contributed by atoms with van der Waals surface area (Å²) in [5.41, 5.74) is 0. The van der Waals surface area contributed by atoms with Gasteiger partial charge in [-0.05, 0) is 19.3 Å². The van der Waals surface area contributed by atoms with Gasteiger partial charge in [0.05, 0.1) is 5.92 Å². The van der Waals surface area contributed by atoms with E-state index in [2.05, 4.69) is 0 Å². The van der Waals surface area contributed by atoms with Crippen LogP contribution in [0.3, 0.4) is 0 Å². The Labute approximate surface area is 74.4 Å². The first-order valence-electron chi connectivity index (χ1n) is 4.02. The molecule has 5 heteroatoms. The SMILES string of the molecule is O=C(O)C(=O)[C@H]1CC[C@@H](C(=O)O)C1. The molecule has 0 aromatic heterocycles. The summed E-state index contributed by atoms with van der Waals surface area (Å²) in [7, 11) is 0. The Bertz CT molecular complexity index is 257. The summed E-state index contributed by atoms with van der Waals surface area (Å²) in [6.07, 6.45) is 0.946. The Morgan fingerprint density at radius 3 is 1.92 bits per heavy atom. The molecule has 5 nitrogen and oxygen atoms in total. The summed E-state index contributed by atoms with van der Waals surface area (Å²) in [5.74, 6) is -4.41. The molecule has 1 aliphatic rings. The molecular formula is C8H10O5. The lowest BCUT2D eigenvalue weighted by atomic mass is 10.0. The molecule has 1 aliphatic carbocycles. The van der Waals surface area contributed by atoms with Gasteiger partial charge in [-0.25, -0.2) is 4.79 Å². The van der Waals surface area contributed by atoms with Gasteiger partial charge < -0.3 is 10.2 Å². The Morgan fingerprint density at radius 2 is 1.54 bits per heavy atom. The predicted molar refractivity (Wildman–Crippen MR) is 41.1 cm³/mol. The van der Waals surface area contributed by atoms with E-state index in [0.29, 0.717) is 12.8 Å². The van der Waals surface area contributed by atoms with E-state index < -0.39 is 29.6 Å². The van der Waals surface area contributed by atoms with Gasteiger partial charge >= 0.3 is 11.9 Å². The molecular weight excluding hydrogens is 176 g/mol. The number of ketones is 1. The minimum Gasteiger partial charge on any atom is -0.481 e. The second-order valence-corrected chi connectivity index (χ2v) is 3.21.